The van der Waals surface area contributed by atoms with Crippen molar-refractivity contribution >= 4 is 11.9 Å². The summed E-state index contributed by atoms with van der Waals surface area (Å²) in [5, 5.41) is 12.1. The molecule has 1 aliphatic heterocycles. The number of fused-ring (bicyclic) bond motifs is 3. The van der Waals surface area contributed by atoms with Crippen LogP contribution in [0.2, 0.25) is 0 Å². The summed E-state index contributed by atoms with van der Waals surface area (Å²) >= 11 is 0. The molecule has 1 amide bonds. The predicted molar refractivity (Wildman–Crippen MR) is 95.6 cm³/mol. The number of ketones is 1. The number of hydrogen-bond donors (Lipinski definition) is 1. The molecule has 3 fully saturated rings. The molecule has 1 N–H and O–H groups in total. The molecule has 4 rings (SSSR count). The Labute approximate surface area is 159 Å². The number of ether oxygens (including phenoxy) is 3. The van der Waals surface area contributed by atoms with Gasteiger partial charge in [-0.3, -0.25) is 9.69 Å². The topological polar surface area (TPSA) is 85.3 Å². The molecule has 0 aromatic carbocycles. The van der Waals surface area contributed by atoms with Gasteiger partial charge < -0.3 is 19.3 Å². The lowest BCUT2D eigenvalue weighted by atomic mass is 9.75. The largest absolute Gasteiger partial charge is 0.494 e. The third kappa shape index (κ3) is 2.01. The summed E-state index contributed by atoms with van der Waals surface area (Å²) in [7, 11) is 2.85. The van der Waals surface area contributed by atoms with E-state index in [4.69, 9.17) is 14.2 Å². The van der Waals surface area contributed by atoms with E-state index in [2.05, 4.69) is 0 Å². The molecule has 5 atom stereocenters. The fourth-order valence-electron chi connectivity index (χ4n) is 6.38. The Morgan fingerprint density at radius 1 is 1.15 bits per heavy atom. The highest BCUT2D eigenvalue weighted by atomic mass is 16.6. The van der Waals surface area contributed by atoms with Crippen molar-refractivity contribution in [2.75, 3.05) is 20.8 Å². The van der Waals surface area contributed by atoms with Gasteiger partial charge in [0.1, 0.15) is 5.60 Å². The van der Waals surface area contributed by atoms with Crippen molar-refractivity contribution in [1.29, 1.82) is 0 Å². The summed E-state index contributed by atoms with van der Waals surface area (Å²) < 4.78 is 16.5. The molecule has 27 heavy (non-hydrogen) atoms. The molecular weight excluding hydrogens is 350 g/mol. The minimum absolute atomic E-state index is 0.0332. The molecule has 1 heterocycles. The first-order valence-electron chi connectivity index (χ1n) is 9.75. The first-order valence-corrected chi connectivity index (χ1v) is 9.75. The lowest BCUT2D eigenvalue weighted by molar-refractivity contribution is -0.143. The number of aliphatic hydroxyl groups is 1. The van der Waals surface area contributed by atoms with Crippen molar-refractivity contribution in [2.24, 2.45) is 17.8 Å². The van der Waals surface area contributed by atoms with Crippen molar-refractivity contribution in [3.63, 3.8) is 0 Å². The van der Waals surface area contributed by atoms with E-state index in [1.54, 1.807) is 20.8 Å². The quantitative estimate of drug-likeness (QED) is 0.792. The van der Waals surface area contributed by atoms with Gasteiger partial charge in [0.05, 0.1) is 14.2 Å². The number of hydrogen-bond acceptors (Lipinski definition) is 6. The van der Waals surface area contributed by atoms with Gasteiger partial charge in [0.15, 0.2) is 16.9 Å². The van der Waals surface area contributed by atoms with Crippen LogP contribution in [0.15, 0.2) is 11.5 Å². The zero-order chi connectivity index (χ0) is 19.8. The maximum absolute atomic E-state index is 13.6. The normalized spacial score (nSPS) is 40.1. The Kier molecular flexibility index (Phi) is 3.87. The first-order chi connectivity index (χ1) is 12.6. The third-order valence-electron chi connectivity index (χ3n) is 6.96. The molecule has 4 aliphatic rings. The zero-order valence-electron chi connectivity index (χ0n) is 16.7. The highest BCUT2D eigenvalue weighted by Crippen LogP contribution is 2.69. The summed E-state index contributed by atoms with van der Waals surface area (Å²) in [5.41, 5.74) is -3.65. The maximum atomic E-state index is 13.6. The number of likely N-dealkylation sites (tertiary alicyclic amines) is 1. The van der Waals surface area contributed by atoms with E-state index in [0.717, 1.165) is 19.3 Å². The van der Waals surface area contributed by atoms with Crippen LogP contribution in [0.25, 0.3) is 0 Å². The molecule has 150 valence electrons. The summed E-state index contributed by atoms with van der Waals surface area (Å²) in [4.78, 5) is 28.2. The van der Waals surface area contributed by atoms with Gasteiger partial charge in [0.2, 0.25) is 11.5 Å². The van der Waals surface area contributed by atoms with Gasteiger partial charge >= 0.3 is 6.09 Å². The first kappa shape index (κ1) is 18.6. The summed E-state index contributed by atoms with van der Waals surface area (Å²) in [6.07, 6.45) is 2.86. The van der Waals surface area contributed by atoms with Crippen LogP contribution in [0.5, 0.6) is 0 Å². The number of amides is 1. The Morgan fingerprint density at radius 3 is 2.44 bits per heavy atom. The van der Waals surface area contributed by atoms with E-state index < -0.39 is 22.8 Å². The minimum atomic E-state index is -1.57. The SMILES string of the molecule is COC1=C(OC)[C@]2(O)[C@H]3CCC[C@H]3[C@H]3CCN(C(=O)OC(C)(C)C)[C@]32C1=O. The molecule has 7 heteroatoms. The van der Waals surface area contributed by atoms with Crippen LogP contribution in [-0.4, -0.2) is 59.4 Å². The third-order valence-corrected chi connectivity index (χ3v) is 6.96. The average molecular weight is 379 g/mol. The molecular formula is C20H29NO6. The Morgan fingerprint density at radius 2 is 1.85 bits per heavy atom. The van der Waals surface area contributed by atoms with Crippen LogP contribution in [0, 0.1) is 17.8 Å². The fourth-order valence-corrected chi connectivity index (χ4v) is 6.38. The van der Waals surface area contributed by atoms with Crippen LogP contribution < -0.4 is 0 Å². The van der Waals surface area contributed by atoms with Gasteiger partial charge in [-0.15, -0.1) is 0 Å². The van der Waals surface area contributed by atoms with E-state index in [9.17, 15) is 14.7 Å². The number of carbonyl (C=O) groups excluding carboxylic acids is 2. The van der Waals surface area contributed by atoms with Gasteiger partial charge in [-0.05, 0) is 51.9 Å². The molecule has 0 aromatic heterocycles. The van der Waals surface area contributed by atoms with Gasteiger partial charge in [-0.25, -0.2) is 4.79 Å². The van der Waals surface area contributed by atoms with Gasteiger partial charge in [-0.2, -0.15) is 0 Å². The van der Waals surface area contributed by atoms with Crippen LogP contribution in [0.4, 0.5) is 4.79 Å². The average Bonchev–Trinajstić information content (AvgIpc) is 3.26. The van der Waals surface area contributed by atoms with Crippen molar-refractivity contribution in [3.05, 3.63) is 11.5 Å². The second-order valence-electron chi connectivity index (χ2n) is 9.16. The molecule has 2 saturated carbocycles. The van der Waals surface area contributed by atoms with E-state index in [0.29, 0.717) is 13.0 Å². The van der Waals surface area contributed by atoms with Crippen LogP contribution >= 0.6 is 0 Å². The summed E-state index contributed by atoms with van der Waals surface area (Å²) in [5.74, 6) is -0.204. The fraction of sp³-hybridized carbons (Fsp3) is 0.800. The van der Waals surface area contributed by atoms with E-state index in [1.165, 1.54) is 19.1 Å². The van der Waals surface area contributed by atoms with Gasteiger partial charge in [-0.1, -0.05) is 6.42 Å². The van der Waals surface area contributed by atoms with Gasteiger partial charge in [0, 0.05) is 12.5 Å². The lowest BCUT2D eigenvalue weighted by Gasteiger charge is -2.44. The molecule has 0 unspecified atom stereocenters. The smallest absolute Gasteiger partial charge is 0.411 e. The minimum Gasteiger partial charge on any atom is -0.494 e. The Hall–Kier alpha value is -1.76. The van der Waals surface area contributed by atoms with Crippen molar-refractivity contribution < 1.29 is 28.9 Å². The van der Waals surface area contributed by atoms with Crippen LogP contribution in [0.1, 0.15) is 46.5 Å². The van der Waals surface area contributed by atoms with Crippen molar-refractivity contribution in [2.45, 2.75) is 63.2 Å². The molecule has 7 nitrogen and oxygen atoms in total. The summed E-state index contributed by atoms with van der Waals surface area (Å²) in [6.45, 7) is 5.76. The monoisotopic (exact) mass is 379 g/mol. The molecule has 0 bridgehead atoms. The molecule has 1 saturated heterocycles. The number of nitrogens with zero attached hydrogens (tertiary/aromatic N) is 1. The predicted octanol–water partition coefficient (Wildman–Crippen LogP) is 2.23. The number of Topliss-reactive ketones (excluding diaryl/α,β-unsaturated/α-hetero) is 1. The van der Waals surface area contributed by atoms with Crippen LogP contribution in [-0.2, 0) is 19.0 Å². The molecule has 0 aromatic rings. The summed E-state index contributed by atoms with van der Waals surface area (Å²) in [6, 6.07) is 0. The Balaban J connectivity index is 1.88. The highest BCUT2D eigenvalue weighted by Gasteiger charge is 2.83. The van der Waals surface area contributed by atoms with Crippen molar-refractivity contribution in [3.8, 4) is 0 Å². The molecule has 1 spiro atoms. The van der Waals surface area contributed by atoms with E-state index in [-0.39, 0.29) is 35.1 Å². The van der Waals surface area contributed by atoms with Crippen LogP contribution in [0.3, 0.4) is 0 Å². The van der Waals surface area contributed by atoms with Gasteiger partial charge in [0.25, 0.3) is 0 Å². The number of rotatable bonds is 2. The lowest BCUT2D eigenvalue weighted by Crippen LogP contribution is -2.66. The zero-order valence-corrected chi connectivity index (χ0v) is 16.7. The molecule has 0 radical (unpaired) electrons. The van der Waals surface area contributed by atoms with E-state index in [1.807, 2.05) is 0 Å². The number of methoxy groups -OCH3 is 2. The molecule has 3 aliphatic carbocycles. The standard InChI is InChI=1S/C20H29NO6/c1-18(2,3)27-17(23)21-10-9-12-11-7-6-8-13(11)20(24)16(26-5)14(25-4)15(22)19(12,20)21/h11-13,24H,6-10H2,1-5H3/t11-,12+,13-,19-,20+/m0/s1. The highest BCUT2D eigenvalue weighted by molar-refractivity contribution is 6.09. The Bertz CT molecular complexity index is 724. The maximum Gasteiger partial charge on any atom is 0.411 e. The van der Waals surface area contributed by atoms with E-state index >= 15 is 0 Å². The second kappa shape index (κ2) is 5.63. The second-order valence-corrected chi connectivity index (χ2v) is 9.16. The van der Waals surface area contributed by atoms with Crippen molar-refractivity contribution in [1.82, 2.24) is 4.90 Å². The number of carbonyl (C=O) groups is 2.